The number of hydrogen-bond acceptors (Lipinski definition) is 3. The summed E-state index contributed by atoms with van der Waals surface area (Å²) in [6, 6.07) is 0. The van der Waals surface area contributed by atoms with Crippen molar-refractivity contribution in [2.24, 2.45) is 11.3 Å². The fourth-order valence-electron chi connectivity index (χ4n) is 2.34. The minimum absolute atomic E-state index is 0.149. The highest BCUT2D eigenvalue weighted by molar-refractivity contribution is 7.98. The van der Waals surface area contributed by atoms with Crippen LogP contribution in [0.15, 0.2) is 0 Å². The Morgan fingerprint density at radius 3 is 2.69 bits per heavy atom. The molecule has 1 amide bonds. The summed E-state index contributed by atoms with van der Waals surface area (Å²) in [6.45, 7) is 1.48. The van der Waals surface area contributed by atoms with Crippen molar-refractivity contribution in [3.05, 3.63) is 0 Å². The van der Waals surface area contributed by atoms with Gasteiger partial charge in [-0.25, -0.2) is 0 Å². The zero-order valence-electron chi connectivity index (χ0n) is 9.44. The predicted octanol–water partition coefficient (Wildman–Crippen LogP) is 1.06. The second-order valence-corrected chi connectivity index (χ2v) is 5.66. The third-order valence-electron chi connectivity index (χ3n) is 3.54. The molecular weight excluding hydrogens is 226 g/mol. The van der Waals surface area contributed by atoms with Crippen LogP contribution in [0.25, 0.3) is 0 Å². The van der Waals surface area contributed by atoms with Gasteiger partial charge in [0.05, 0.1) is 0 Å². The van der Waals surface area contributed by atoms with Gasteiger partial charge >= 0.3 is 5.97 Å². The van der Waals surface area contributed by atoms with Crippen molar-refractivity contribution >= 4 is 23.6 Å². The number of thioether (sulfide) groups is 1. The number of carbonyl (C=O) groups excluding carboxylic acids is 1. The van der Waals surface area contributed by atoms with Crippen LogP contribution < -0.4 is 0 Å². The predicted molar refractivity (Wildman–Crippen MR) is 62.4 cm³/mol. The molecular formula is C11H17NO3S. The lowest BCUT2D eigenvalue weighted by Gasteiger charge is -2.20. The Morgan fingerprint density at radius 1 is 1.50 bits per heavy atom. The van der Waals surface area contributed by atoms with Crippen LogP contribution in [-0.4, -0.2) is 47.0 Å². The Labute approximate surface area is 99.4 Å². The number of amides is 1. The van der Waals surface area contributed by atoms with E-state index in [1.165, 1.54) is 0 Å². The van der Waals surface area contributed by atoms with E-state index in [0.29, 0.717) is 18.8 Å². The molecule has 2 aliphatic rings. The standard InChI is InChI=1S/C11H17NO3S/c1-16-7-8-2-5-12(6-8)9(13)11(3-4-11)10(14)15/h8H,2-7H2,1H3,(H,14,15). The summed E-state index contributed by atoms with van der Waals surface area (Å²) in [7, 11) is 0. The molecule has 1 saturated heterocycles. The van der Waals surface area contributed by atoms with Crippen LogP contribution in [0.2, 0.25) is 0 Å². The number of rotatable bonds is 4. The molecule has 90 valence electrons. The van der Waals surface area contributed by atoms with Gasteiger partial charge < -0.3 is 10.0 Å². The first-order valence-electron chi connectivity index (χ1n) is 5.62. The second-order valence-electron chi connectivity index (χ2n) is 4.75. The molecule has 1 unspecified atom stereocenters. The number of likely N-dealkylation sites (tertiary alicyclic amines) is 1. The van der Waals surface area contributed by atoms with Crippen molar-refractivity contribution in [1.29, 1.82) is 0 Å². The van der Waals surface area contributed by atoms with Gasteiger partial charge in [-0.3, -0.25) is 9.59 Å². The summed E-state index contributed by atoms with van der Waals surface area (Å²) in [5, 5.41) is 9.05. The monoisotopic (exact) mass is 243 g/mol. The topological polar surface area (TPSA) is 57.6 Å². The van der Waals surface area contributed by atoms with E-state index in [1.807, 2.05) is 0 Å². The molecule has 0 spiro atoms. The van der Waals surface area contributed by atoms with Gasteiger partial charge in [0.25, 0.3) is 0 Å². The molecule has 1 aliphatic carbocycles. The molecule has 1 saturated carbocycles. The third kappa shape index (κ3) is 1.93. The third-order valence-corrected chi connectivity index (χ3v) is 4.35. The van der Waals surface area contributed by atoms with E-state index in [0.717, 1.165) is 25.3 Å². The summed E-state index contributed by atoms with van der Waals surface area (Å²) < 4.78 is 0. The lowest BCUT2D eigenvalue weighted by molar-refractivity contribution is -0.153. The maximum absolute atomic E-state index is 12.1. The number of carboxylic acids is 1. The van der Waals surface area contributed by atoms with Gasteiger partial charge in [-0.1, -0.05) is 0 Å². The van der Waals surface area contributed by atoms with Gasteiger partial charge in [0.2, 0.25) is 5.91 Å². The van der Waals surface area contributed by atoms with Crippen molar-refractivity contribution in [2.75, 3.05) is 25.1 Å². The molecule has 4 nitrogen and oxygen atoms in total. The first-order chi connectivity index (χ1) is 7.60. The maximum atomic E-state index is 12.1. The van der Waals surface area contributed by atoms with Crippen molar-refractivity contribution in [2.45, 2.75) is 19.3 Å². The van der Waals surface area contributed by atoms with Crippen molar-refractivity contribution in [3.63, 3.8) is 0 Å². The van der Waals surface area contributed by atoms with Gasteiger partial charge in [0, 0.05) is 13.1 Å². The molecule has 0 aromatic rings. The molecule has 1 heterocycles. The zero-order chi connectivity index (χ0) is 11.8. The van der Waals surface area contributed by atoms with Crippen LogP contribution in [0, 0.1) is 11.3 Å². The first kappa shape index (κ1) is 11.8. The van der Waals surface area contributed by atoms with E-state index < -0.39 is 11.4 Å². The van der Waals surface area contributed by atoms with Crippen LogP contribution in [-0.2, 0) is 9.59 Å². The highest BCUT2D eigenvalue weighted by Gasteiger charge is 2.59. The van der Waals surface area contributed by atoms with Crippen molar-refractivity contribution in [3.8, 4) is 0 Å². The normalized spacial score (nSPS) is 26.8. The summed E-state index contributed by atoms with van der Waals surface area (Å²) in [6.07, 6.45) is 4.11. The summed E-state index contributed by atoms with van der Waals surface area (Å²) in [4.78, 5) is 24.8. The summed E-state index contributed by atoms with van der Waals surface area (Å²) in [5.74, 6) is 0.516. The van der Waals surface area contributed by atoms with Gasteiger partial charge in [-0.2, -0.15) is 11.8 Å². The molecule has 2 rings (SSSR count). The molecule has 0 aromatic heterocycles. The Hall–Kier alpha value is -0.710. The van der Waals surface area contributed by atoms with E-state index in [2.05, 4.69) is 6.26 Å². The fourth-order valence-corrected chi connectivity index (χ4v) is 3.08. The van der Waals surface area contributed by atoms with Crippen LogP contribution in [0.1, 0.15) is 19.3 Å². The molecule has 0 aromatic carbocycles. The SMILES string of the molecule is CSCC1CCN(C(=O)C2(C(=O)O)CC2)C1. The van der Waals surface area contributed by atoms with Crippen molar-refractivity contribution in [1.82, 2.24) is 4.90 Å². The van der Waals surface area contributed by atoms with Crippen LogP contribution in [0.3, 0.4) is 0 Å². The molecule has 5 heteroatoms. The number of nitrogens with zero attached hydrogens (tertiary/aromatic N) is 1. The number of carboxylic acid groups (broad SMARTS) is 1. The minimum atomic E-state index is -1.05. The van der Waals surface area contributed by atoms with Crippen molar-refractivity contribution < 1.29 is 14.7 Å². The van der Waals surface area contributed by atoms with Crippen LogP contribution in [0.4, 0.5) is 0 Å². The Morgan fingerprint density at radius 2 is 2.19 bits per heavy atom. The van der Waals surface area contributed by atoms with E-state index in [-0.39, 0.29) is 5.91 Å². The minimum Gasteiger partial charge on any atom is -0.480 e. The lowest BCUT2D eigenvalue weighted by atomic mass is 10.1. The Kier molecular flexibility index (Phi) is 3.15. The highest BCUT2D eigenvalue weighted by Crippen LogP contribution is 2.48. The van der Waals surface area contributed by atoms with E-state index in [9.17, 15) is 9.59 Å². The molecule has 0 bridgehead atoms. The lowest BCUT2D eigenvalue weighted by Crippen LogP contribution is -2.39. The maximum Gasteiger partial charge on any atom is 0.319 e. The average molecular weight is 243 g/mol. The quantitative estimate of drug-likeness (QED) is 0.750. The molecule has 1 N–H and O–H groups in total. The Balaban J connectivity index is 1.95. The number of carbonyl (C=O) groups is 2. The molecule has 1 aliphatic heterocycles. The summed E-state index contributed by atoms with van der Waals surface area (Å²) in [5.41, 5.74) is -1.05. The second kappa shape index (κ2) is 4.28. The zero-order valence-corrected chi connectivity index (χ0v) is 10.3. The summed E-state index contributed by atoms with van der Waals surface area (Å²) >= 11 is 1.79. The van der Waals surface area contributed by atoms with E-state index in [4.69, 9.17) is 5.11 Å². The number of hydrogen-bond donors (Lipinski definition) is 1. The largest absolute Gasteiger partial charge is 0.480 e. The molecule has 2 fully saturated rings. The van der Waals surface area contributed by atoms with E-state index >= 15 is 0 Å². The van der Waals surface area contributed by atoms with E-state index in [1.54, 1.807) is 16.7 Å². The van der Waals surface area contributed by atoms with Gasteiger partial charge in [0.1, 0.15) is 5.41 Å². The number of aliphatic carboxylic acids is 1. The van der Waals surface area contributed by atoms with Crippen LogP contribution >= 0.6 is 11.8 Å². The van der Waals surface area contributed by atoms with Crippen LogP contribution in [0.5, 0.6) is 0 Å². The molecule has 16 heavy (non-hydrogen) atoms. The average Bonchev–Trinajstić information content (AvgIpc) is 2.94. The Bertz CT molecular complexity index is 314. The fraction of sp³-hybridized carbons (Fsp3) is 0.818. The first-order valence-corrected chi connectivity index (χ1v) is 7.01. The van der Waals surface area contributed by atoms with Gasteiger partial charge in [-0.05, 0) is 37.2 Å². The smallest absolute Gasteiger partial charge is 0.319 e. The van der Waals surface area contributed by atoms with Gasteiger partial charge in [-0.15, -0.1) is 0 Å². The highest BCUT2D eigenvalue weighted by atomic mass is 32.2. The molecule has 1 atom stereocenters. The molecule has 0 radical (unpaired) electrons. The van der Waals surface area contributed by atoms with Gasteiger partial charge in [0.15, 0.2) is 0 Å².